The van der Waals surface area contributed by atoms with Gasteiger partial charge in [0.1, 0.15) is 23.4 Å². The molecule has 1 N–H and O–H groups in total. The van der Waals surface area contributed by atoms with Crippen LogP contribution in [0.5, 0.6) is 5.75 Å². The first-order chi connectivity index (χ1) is 8.52. The third kappa shape index (κ3) is 2.27. The van der Waals surface area contributed by atoms with Gasteiger partial charge in [0.15, 0.2) is 0 Å². The predicted molar refractivity (Wildman–Crippen MR) is 70.0 cm³/mol. The number of aliphatic hydroxyl groups excluding tert-OH is 1. The van der Waals surface area contributed by atoms with Gasteiger partial charge in [-0.25, -0.2) is 0 Å². The van der Waals surface area contributed by atoms with Gasteiger partial charge in [-0.1, -0.05) is 6.07 Å². The Bertz CT molecular complexity index is 555. The van der Waals surface area contributed by atoms with Gasteiger partial charge in [-0.2, -0.15) is 0 Å². The molecule has 1 aromatic carbocycles. The van der Waals surface area contributed by atoms with Crippen molar-refractivity contribution < 1.29 is 14.3 Å². The van der Waals surface area contributed by atoms with E-state index in [0.29, 0.717) is 11.5 Å². The number of aryl methyl sites for hydroxylation is 3. The Labute approximate surface area is 107 Å². The van der Waals surface area contributed by atoms with Crippen molar-refractivity contribution in [3.05, 3.63) is 52.5 Å². The summed E-state index contributed by atoms with van der Waals surface area (Å²) in [4.78, 5) is 0. The SMILES string of the molecule is COc1cc(C)cc(C)c1C(O)c1ccc(C)o1. The molecule has 0 aliphatic carbocycles. The van der Waals surface area contributed by atoms with Crippen LogP contribution in [0, 0.1) is 20.8 Å². The van der Waals surface area contributed by atoms with E-state index in [-0.39, 0.29) is 0 Å². The summed E-state index contributed by atoms with van der Waals surface area (Å²) in [5.74, 6) is 2.01. The predicted octanol–water partition coefficient (Wildman–Crippen LogP) is 3.30. The molecule has 0 bridgehead atoms. The molecule has 1 aromatic heterocycles. The lowest BCUT2D eigenvalue weighted by atomic mass is 9.98. The van der Waals surface area contributed by atoms with Crippen LogP contribution in [0.15, 0.2) is 28.7 Å². The molecule has 0 aliphatic rings. The fraction of sp³-hybridized carbons (Fsp3) is 0.333. The molecule has 0 saturated carbocycles. The van der Waals surface area contributed by atoms with Gasteiger partial charge in [0.25, 0.3) is 0 Å². The first-order valence-electron chi connectivity index (χ1n) is 5.92. The second-order valence-electron chi connectivity index (χ2n) is 4.55. The largest absolute Gasteiger partial charge is 0.496 e. The van der Waals surface area contributed by atoms with Gasteiger partial charge in [0, 0.05) is 5.56 Å². The minimum absolute atomic E-state index is 0.540. The van der Waals surface area contributed by atoms with E-state index < -0.39 is 6.10 Å². The highest BCUT2D eigenvalue weighted by atomic mass is 16.5. The smallest absolute Gasteiger partial charge is 0.140 e. The zero-order valence-corrected chi connectivity index (χ0v) is 11.2. The van der Waals surface area contributed by atoms with Crippen molar-refractivity contribution in [3.8, 4) is 5.75 Å². The van der Waals surface area contributed by atoms with Crippen molar-refractivity contribution in [2.24, 2.45) is 0 Å². The van der Waals surface area contributed by atoms with E-state index >= 15 is 0 Å². The maximum Gasteiger partial charge on any atom is 0.140 e. The molecular weight excluding hydrogens is 228 g/mol. The average Bonchev–Trinajstić information content (AvgIpc) is 2.74. The normalized spacial score (nSPS) is 12.5. The van der Waals surface area contributed by atoms with E-state index in [1.54, 1.807) is 13.2 Å². The van der Waals surface area contributed by atoms with Crippen LogP contribution >= 0.6 is 0 Å². The van der Waals surface area contributed by atoms with Gasteiger partial charge in [-0.3, -0.25) is 0 Å². The highest BCUT2D eigenvalue weighted by Crippen LogP contribution is 2.34. The first-order valence-corrected chi connectivity index (χ1v) is 5.92. The van der Waals surface area contributed by atoms with Crippen molar-refractivity contribution >= 4 is 0 Å². The molecule has 0 spiro atoms. The number of methoxy groups -OCH3 is 1. The molecule has 2 rings (SSSR count). The number of ether oxygens (including phenoxy) is 1. The first kappa shape index (κ1) is 12.7. The Morgan fingerprint density at radius 2 is 1.89 bits per heavy atom. The van der Waals surface area contributed by atoms with Crippen molar-refractivity contribution in [2.75, 3.05) is 7.11 Å². The maximum atomic E-state index is 10.4. The summed E-state index contributed by atoms with van der Waals surface area (Å²) < 4.78 is 10.8. The minimum Gasteiger partial charge on any atom is -0.496 e. The fourth-order valence-electron chi connectivity index (χ4n) is 2.20. The lowest BCUT2D eigenvalue weighted by molar-refractivity contribution is 0.182. The van der Waals surface area contributed by atoms with Gasteiger partial charge < -0.3 is 14.3 Å². The molecule has 2 aromatic rings. The van der Waals surface area contributed by atoms with Gasteiger partial charge >= 0.3 is 0 Å². The van der Waals surface area contributed by atoms with Crippen LogP contribution in [0.3, 0.4) is 0 Å². The highest BCUT2D eigenvalue weighted by molar-refractivity contribution is 5.46. The van der Waals surface area contributed by atoms with Crippen LogP contribution in [0.1, 0.15) is 34.3 Å². The Morgan fingerprint density at radius 3 is 2.44 bits per heavy atom. The molecule has 0 amide bonds. The molecule has 3 nitrogen and oxygen atoms in total. The second-order valence-corrected chi connectivity index (χ2v) is 4.55. The second kappa shape index (κ2) is 4.86. The summed E-state index contributed by atoms with van der Waals surface area (Å²) in [6.45, 7) is 5.82. The molecule has 3 heteroatoms. The molecule has 0 saturated heterocycles. The van der Waals surface area contributed by atoms with E-state index in [1.807, 2.05) is 39.0 Å². The summed E-state index contributed by atoms with van der Waals surface area (Å²) in [5.41, 5.74) is 2.86. The van der Waals surface area contributed by atoms with Crippen LogP contribution in [0.2, 0.25) is 0 Å². The number of furan rings is 1. The molecule has 1 unspecified atom stereocenters. The Balaban J connectivity index is 2.50. The van der Waals surface area contributed by atoms with Gasteiger partial charge in [-0.15, -0.1) is 0 Å². The Kier molecular flexibility index (Phi) is 3.43. The van der Waals surface area contributed by atoms with E-state index in [4.69, 9.17) is 9.15 Å². The van der Waals surface area contributed by atoms with Gasteiger partial charge in [0.2, 0.25) is 0 Å². The van der Waals surface area contributed by atoms with E-state index in [1.165, 1.54) is 0 Å². The zero-order chi connectivity index (χ0) is 13.3. The fourth-order valence-corrected chi connectivity index (χ4v) is 2.20. The van der Waals surface area contributed by atoms with Gasteiger partial charge in [-0.05, 0) is 50.1 Å². The zero-order valence-electron chi connectivity index (χ0n) is 11.2. The minimum atomic E-state index is -0.797. The molecule has 96 valence electrons. The van der Waals surface area contributed by atoms with E-state index in [2.05, 4.69) is 0 Å². The third-order valence-electron chi connectivity index (χ3n) is 3.02. The lowest BCUT2D eigenvalue weighted by Crippen LogP contribution is -2.04. The third-order valence-corrected chi connectivity index (χ3v) is 3.02. The summed E-state index contributed by atoms with van der Waals surface area (Å²) >= 11 is 0. The van der Waals surface area contributed by atoms with Crippen molar-refractivity contribution in [1.29, 1.82) is 0 Å². The van der Waals surface area contributed by atoms with Crippen LogP contribution in [0.4, 0.5) is 0 Å². The molecule has 18 heavy (non-hydrogen) atoms. The van der Waals surface area contributed by atoms with Crippen LogP contribution in [0.25, 0.3) is 0 Å². The van der Waals surface area contributed by atoms with Gasteiger partial charge in [0.05, 0.1) is 7.11 Å². The Hall–Kier alpha value is -1.74. The average molecular weight is 246 g/mol. The standard InChI is InChI=1S/C15H18O3/c1-9-7-10(2)14(13(8-9)17-4)15(16)12-6-5-11(3)18-12/h5-8,15-16H,1-4H3. The van der Waals surface area contributed by atoms with E-state index in [9.17, 15) is 5.11 Å². The number of hydrogen-bond donors (Lipinski definition) is 1. The maximum absolute atomic E-state index is 10.4. The lowest BCUT2D eigenvalue weighted by Gasteiger charge is -2.16. The Morgan fingerprint density at radius 1 is 1.17 bits per heavy atom. The summed E-state index contributed by atoms with van der Waals surface area (Å²) in [5, 5.41) is 10.4. The number of aliphatic hydroxyl groups is 1. The summed E-state index contributed by atoms with van der Waals surface area (Å²) in [6, 6.07) is 7.57. The number of rotatable bonds is 3. The molecule has 0 fully saturated rings. The molecule has 1 heterocycles. The van der Waals surface area contributed by atoms with Crippen molar-refractivity contribution in [1.82, 2.24) is 0 Å². The molecule has 0 aliphatic heterocycles. The molecule has 1 atom stereocenters. The summed E-state index contributed by atoms with van der Waals surface area (Å²) in [6.07, 6.45) is -0.797. The van der Waals surface area contributed by atoms with Crippen LogP contribution in [-0.2, 0) is 0 Å². The van der Waals surface area contributed by atoms with Crippen molar-refractivity contribution in [2.45, 2.75) is 26.9 Å². The molecular formula is C15H18O3. The van der Waals surface area contributed by atoms with Crippen molar-refractivity contribution in [3.63, 3.8) is 0 Å². The van der Waals surface area contributed by atoms with Crippen LogP contribution < -0.4 is 4.74 Å². The van der Waals surface area contributed by atoms with Crippen LogP contribution in [-0.4, -0.2) is 12.2 Å². The highest BCUT2D eigenvalue weighted by Gasteiger charge is 2.21. The number of hydrogen-bond acceptors (Lipinski definition) is 3. The van der Waals surface area contributed by atoms with E-state index in [0.717, 1.165) is 22.5 Å². The molecule has 0 radical (unpaired) electrons. The number of benzene rings is 1. The quantitative estimate of drug-likeness (QED) is 0.903. The monoisotopic (exact) mass is 246 g/mol. The topological polar surface area (TPSA) is 42.6 Å². The summed E-state index contributed by atoms with van der Waals surface area (Å²) in [7, 11) is 1.61.